The Morgan fingerprint density at radius 2 is 2.12 bits per heavy atom. The zero-order chi connectivity index (χ0) is 6.62. The van der Waals surface area contributed by atoms with Crippen LogP contribution in [0.3, 0.4) is 0 Å². The van der Waals surface area contributed by atoms with Crippen molar-refractivity contribution < 1.29 is 9.50 Å². The molecule has 0 amide bonds. The quantitative estimate of drug-likeness (QED) is 0.541. The van der Waals surface area contributed by atoms with Crippen LogP contribution in [-0.2, 0) is 5.11 Å². The fourth-order valence-corrected chi connectivity index (χ4v) is 0.377. The molecule has 0 heterocycles. The highest BCUT2D eigenvalue weighted by atomic mass is 19.1. The van der Waals surface area contributed by atoms with Gasteiger partial charge in [0, 0.05) is 6.42 Å². The molecule has 1 unspecified atom stereocenters. The Kier molecular flexibility index (Phi) is 2.98. The molecular weight excluding hydrogens is 107 g/mol. The van der Waals surface area contributed by atoms with Gasteiger partial charge in [0.25, 0.3) is 0 Å². The molecular formula is C6H12FO. The third kappa shape index (κ3) is 2.97. The molecule has 0 N–H and O–H groups in total. The highest BCUT2D eigenvalue weighted by Gasteiger charge is 2.18. The minimum atomic E-state index is -1.03. The van der Waals surface area contributed by atoms with Crippen molar-refractivity contribution in [2.24, 2.45) is 0 Å². The molecule has 1 nitrogen and oxygen atoms in total. The highest BCUT2D eigenvalue weighted by molar-refractivity contribution is 4.67. The SMILES string of the molecule is CCC(C)([O])CCF. The van der Waals surface area contributed by atoms with E-state index in [1.807, 2.05) is 0 Å². The minimum Gasteiger partial charge on any atom is -0.251 e. The van der Waals surface area contributed by atoms with Crippen LogP contribution in [0.15, 0.2) is 0 Å². The van der Waals surface area contributed by atoms with Gasteiger partial charge in [0.2, 0.25) is 0 Å². The molecule has 0 aliphatic heterocycles. The number of halogens is 1. The summed E-state index contributed by atoms with van der Waals surface area (Å²) in [7, 11) is 0. The van der Waals surface area contributed by atoms with E-state index < -0.39 is 12.3 Å². The van der Waals surface area contributed by atoms with Crippen LogP contribution in [-0.4, -0.2) is 12.3 Å². The first kappa shape index (κ1) is 7.89. The molecule has 0 aromatic heterocycles. The van der Waals surface area contributed by atoms with Crippen molar-refractivity contribution >= 4 is 0 Å². The maximum Gasteiger partial charge on any atom is 0.103 e. The van der Waals surface area contributed by atoms with Crippen molar-refractivity contribution in [1.82, 2.24) is 0 Å². The van der Waals surface area contributed by atoms with Crippen LogP contribution in [0.5, 0.6) is 0 Å². The van der Waals surface area contributed by atoms with Crippen LogP contribution in [0.4, 0.5) is 4.39 Å². The van der Waals surface area contributed by atoms with Crippen LogP contribution in [0, 0.1) is 0 Å². The van der Waals surface area contributed by atoms with Gasteiger partial charge in [-0.3, -0.25) is 4.39 Å². The third-order valence-corrected chi connectivity index (χ3v) is 1.37. The Morgan fingerprint density at radius 1 is 1.62 bits per heavy atom. The van der Waals surface area contributed by atoms with Crippen molar-refractivity contribution in [3.63, 3.8) is 0 Å². The van der Waals surface area contributed by atoms with Gasteiger partial charge in [-0.15, -0.1) is 0 Å². The Labute approximate surface area is 49.5 Å². The van der Waals surface area contributed by atoms with E-state index in [1.54, 1.807) is 6.92 Å². The standard InChI is InChI=1S/C6H12FO/c1-3-6(2,8)4-5-7/h3-5H2,1-2H3. The largest absolute Gasteiger partial charge is 0.251 e. The van der Waals surface area contributed by atoms with Gasteiger partial charge in [0.05, 0.1) is 6.67 Å². The molecule has 0 aromatic rings. The van der Waals surface area contributed by atoms with Gasteiger partial charge in [-0.05, 0) is 13.3 Å². The van der Waals surface area contributed by atoms with E-state index >= 15 is 0 Å². The van der Waals surface area contributed by atoms with E-state index in [-0.39, 0.29) is 6.42 Å². The number of hydrogen-bond donors (Lipinski definition) is 0. The van der Waals surface area contributed by atoms with Crippen molar-refractivity contribution in [2.75, 3.05) is 6.67 Å². The van der Waals surface area contributed by atoms with Crippen LogP contribution in [0.1, 0.15) is 26.7 Å². The zero-order valence-electron chi connectivity index (χ0n) is 5.41. The smallest absolute Gasteiger partial charge is 0.103 e. The van der Waals surface area contributed by atoms with E-state index in [0.29, 0.717) is 6.42 Å². The molecule has 49 valence electrons. The summed E-state index contributed by atoms with van der Waals surface area (Å²) in [5.74, 6) is 0. The second-order valence-electron chi connectivity index (χ2n) is 2.24. The van der Waals surface area contributed by atoms with Crippen molar-refractivity contribution in [3.05, 3.63) is 0 Å². The summed E-state index contributed by atoms with van der Waals surface area (Å²) < 4.78 is 11.5. The lowest BCUT2D eigenvalue weighted by atomic mass is 10.0. The molecule has 0 bridgehead atoms. The summed E-state index contributed by atoms with van der Waals surface area (Å²) in [6, 6.07) is 0. The maximum atomic E-state index is 11.5. The molecule has 0 aliphatic carbocycles. The lowest BCUT2D eigenvalue weighted by Gasteiger charge is -2.14. The molecule has 0 fully saturated rings. The van der Waals surface area contributed by atoms with E-state index in [9.17, 15) is 9.50 Å². The molecule has 8 heavy (non-hydrogen) atoms. The van der Waals surface area contributed by atoms with Crippen molar-refractivity contribution in [3.8, 4) is 0 Å². The second kappa shape index (κ2) is 3.02. The first-order chi connectivity index (χ1) is 3.62. The third-order valence-electron chi connectivity index (χ3n) is 1.37. The lowest BCUT2D eigenvalue weighted by molar-refractivity contribution is -0.0274. The van der Waals surface area contributed by atoms with Gasteiger partial charge >= 0.3 is 0 Å². The van der Waals surface area contributed by atoms with E-state index in [2.05, 4.69) is 0 Å². The predicted molar refractivity (Wildman–Crippen MR) is 30.0 cm³/mol. The maximum absolute atomic E-state index is 11.5. The van der Waals surface area contributed by atoms with E-state index in [4.69, 9.17) is 0 Å². The average Bonchev–Trinajstić information content (AvgIpc) is 1.67. The van der Waals surface area contributed by atoms with Gasteiger partial charge in [-0.25, -0.2) is 5.11 Å². The molecule has 0 saturated heterocycles. The van der Waals surface area contributed by atoms with Gasteiger partial charge < -0.3 is 0 Å². The lowest BCUT2D eigenvalue weighted by Crippen LogP contribution is -2.20. The second-order valence-corrected chi connectivity index (χ2v) is 2.24. The fourth-order valence-electron chi connectivity index (χ4n) is 0.377. The molecule has 0 spiro atoms. The summed E-state index contributed by atoms with van der Waals surface area (Å²) >= 11 is 0. The molecule has 1 atom stereocenters. The summed E-state index contributed by atoms with van der Waals surface area (Å²) in [5.41, 5.74) is -1.03. The first-order valence-corrected chi connectivity index (χ1v) is 2.89. The van der Waals surface area contributed by atoms with Crippen LogP contribution in [0.25, 0.3) is 0 Å². The number of hydrogen-bond acceptors (Lipinski definition) is 0. The normalized spacial score (nSPS) is 18.0. The number of rotatable bonds is 3. The Hall–Kier alpha value is -0.110. The van der Waals surface area contributed by atoms with E-state index in [0.717, 1.165) is 0 Å². The van der Waals surface area contributed by atoms with E-state index in [1.165, 1.54) is 6.92 Å². The molecule has 0 aromatic carbocycles. The summed E-state index contributed by atoms with van der Waals surface area (Å²) in [4.78, 5) is 0. The Morgan fingerprint density at radius 3 is 2.25 bits per heavy atom. The zero-order valence-corrected chi connectivity index (χ0v) is 5.41. The fraction of sp³-hybridized carbons (Fsp3) is 1.00. The summed E-state index contributed by atoms with van der Waals surface area (Å²) in [5, 5.41) is 10.8. The monoisotopic (exact) mass is 119 g/mol. The molecule has 0 rings (SSSR count). The Bertz CT molecular complexity index is 61.5. The molecule has 0 aliphatic rings. The topological polar surface area (TPSA) is 19.9 Å². The van der Waals surface area contributed by atoms with Crippen molar-refractivity contribution in [1.29, 1.82) is 0 Å². The van der Waals surface area contributed by atoms with Crippen LogP contribution in [0.2, 0.25) is 0 Å². The van der Waals surface area contributed by atoms with Gasteiger partial charge in [-0.2, -0.15) is 0 Å². The molecule has 1 radical (unpaired) electrons. The first-order valence-electron chi connectivity index (χ1n) is 2.89. The van der Waals surface area contributed by atoms with Gasteiger partial charge in [-0.1, -0.05) is 6.92 Å². The predicted octanol–water partition coefficient (Wildman–Crippen LogP) is 1.95. The highest BCUT2D eigenvalue weighted by Crippen LogP contribution is 2.13. The number of alkyl halides is 1. The van der Waals surface area contributed by atoms with Crippen LogP contribution < -0.4 is 0 Å². The molecule has 2 heteroatoms. The minimum absolute atomic E-state index is 0.142. The van der Waals surface area contributed by atoms with Crippen LogP contribution >= 0.6 is 0 Å². The van der Waals surface area contributed by atoms with Gasteiger partial charge in [0.15, 0.2) is 0 Å². The van der Waals surface area contributed by atoms with Gasteiger partial charge in [0.1, 0.15) is 5.60 Å². The summed E-state index contributed by atoms with van der Waals surface area (Å²) in [6.45, 7) is 2.82. The Balaban J connectivity index is 3.37. The van der Waals surface area contributed by atoms with Crippen molar-refractivity contribution in [2.45, 2.75) is 32.3 Å². The molecule has 0 saturated carbocycles. The average molecular weight is 119 g/mol. The summed E-state index contributed by atoms with van der Waals surface area (Å²) in [6.07, 6.45) is 0.653.